The van der Waals surface area contributed by atoms with E-state index in [1.807, 2.05) is 24.3 Å². The molecule has 1 nitrogen and oxygen atoms in total. The standard InChI is InChI=1S/C11H14Cl2O/c1-2-3-7-14-10-6-4-5-9(8-10)11(12)13/h4-6,8,11H,2-3,7H2,1H3. The van der Waals surface area contributed by atoms with Crippen molar-refractivity contribution in [3.05, 3.63) is 29.8 Å². The molecule has 0 amide bonds. The maximum absolute atomic E-state index is 5.75. The van der Waals surface area contributed by atoms with Gasteiger partial charge in [-0.25, -0.2) is 0 Å². The number of hydrogen-bond acceptors (Lipinski definition) is 1. The molecule has 0 saturated heterocycles. The molecular weight excluding hydrogens is 219 g/mol. The van der Waals surface area contributed by atoms with Crippen molar-refractivity contribution < 1.29 is 4.74 Å². The second-order valence-corrected chi connectivity index (χ2v) is 4.17. The van der Waals surface area contributed by atoms with Crippen molar-refractivity contribution in [2.75, 3.05) is 6.61 Å². The molecule has 0 saturated carbocycles. The minimum atomic E-state index is -0.482. The van der Waals surface area contributed by atoms with Crippen molar-refractivity contribution in [1.29, 1.82) is 0 Å². The van der Waals surface area contributed by atoms with Gasteiger partial charge in [-0.3, -0.25) is 0 Å². The summed E-state index contributed by atoms with van der Waals surface area (Å²) < 4.78 is 5.52. The highest BCUT2D eigenvalue weighted by molar-refractivity contribution is 6.44. The first-order valence-corrected chi connectivity index (χ1v) is 5.62. The predicted molar refractivity (Wildman–Crippen MR) is 61.3 cm³/mol. The van der Waals surface area contributed by atoms with Crippen LogP contribution in [0.5, 0.6) is 5.75 Å². The minimum absolute atomic E-state index is 0.482. The van der Waals surface area contributed by atoms with Crippen LogP contribution in [0.15, 0.2) is 24.3 Å². The lowest BCUT2D eigenvalue weighted by Crippen LogP contribution is -1.96. The fraction of sp³-hybridized carbons (Fsp3) is 0.455. The smallest absolute Gasteiger partial charge is 0.132 e. The molecule has 0 aliphatic heterocycles. The molecule has 0 aromatic heterocycles. The number of benzene rings is 1. The highest BCUT2D eigenvalue weighted by Crippen LogP contribution is 2.27. The van der Waals surface area contributed by atoms with E-state index < -0.39 is 4.84 Å². The van der Waals surface area contributed by atoms with E-state index in [2.05, 4.69) is 6.92 Å². The van der Waals surface area contributed by atoms with Gasteiger partial charge in [-0.15, -0.1) is 23.2 Å². The largest absolute Gasteiger partial charge is 0.494 e. The van der Waals surface area contributed by atoms with Crippen LogP contribution in [0.1, 0.15) is 30.2 Å². The van der Waals surface area contributed by atoms with Gasteiger partial charge in [0.15, 0.2) is 0 Å². The fourth-order valence-corrected chi connectivity index (χ4v) is 1.35. The van der Waals surface area contributed by atoms with Gasteiger partial charge in [0.25, 0.3) is 0 Å². The number of hydrogen-bond donors (Lipinski definition) is 0. The van der Waals surface area contributed by atoms with Crippen molar-refractivity contribution in [1.82, 2.24) is 0 Å². The van der Waals surface area contributed by atoms with Gasteiger partial charge in [-0.05, 0) is 24.1 Å². The molecule has 78 valence electrons. The van der Waals surface area contributed by atoms with Gasteiger partial charge in [-0.2, -0.15) is 0 Å². The fourth-order valence-electron chi connectivity index (χ4n) is 1.07. The zero-order chi connectivity index (χ0) is 10.4. The molecule has 1 aromatic carbocycles. The van der Waals surface area contributed by atoms with E-state index in [4.69, 9.17) is 27.9 Å². The van der Waals surface area contributed by atoms with Crippen LogP contribution in [-0.4, -0.2) is 6.61 Å². The number of unbranched alkanes of at least 4 members (excludes halogenated alkanes) is 1. The van der Waals surface area contributed by atoms with Gasteiger partial charge in [0.2, 0.25) is 0 Å². The van der Waals surface area contributed by atoms with Gasteiger partial charge in [0, 0.05) is 0 Å². The van der Waals surface area contributed by atoms with Crippen molar-refractivity contribution >= 4 is 23.2 Å². The van der Waals surface area contributed by atoms with Crippen molar-refractivity contribution in [3.8, 4) is 5.75 Å². The summed E-state index contributed by atoms with van der Waals surface area (Å²) in [6.07, 6.45) is 2.20. The SMILES string of the molecule is CCCCOc1cccc(C(Cl)Cl)c1. The summed E-state index contributed by atoms with van der Waals surface area (Å²) in [5, 5.41) is 0. The topological polar surface area (TPSA) is 9.23 Å². The third-order valence-electron chi connectivity index (χ3n) is 1.88. The highest BCUT2D eigenvalue weighted by Gasteiger charge is 2.03. The molecule has 0 radical (unpaired) electrons. The van der Waals surface area contributed by atoms with Crippen LogP contribution in [0.3, 0.4) is 0 Å². The second kappa shape index (κ2) is 6.15. The molecular formula is C11H14Cl2O. The lowest BCUT2D eigenvalue weighted by atomic mass is 10.2. The van der Waals surface area contributed by atoms with Gasteiger partial charge in [-0.1, -0.05) is 25.5 Å². The van der Waals surface area contributed by atoms with Gasteiger partial charge in [0.1, 0.15) is 10.6 Å². The van der Waals surface area contributed by atoms with Crippen LogP contribution in [0, 0.1) is 0 Å². The lowest BCUT2D eigenvalue weighted by molar-refractivity contribution is 0.309. The Kier molecular flexibility index (Phi) is 5.13. The molecule has 0 bridgehead atoms. The average Bonchev–Trinajstić information content (AvgIpc) is 2.19. The molecule has 0 spiro atoms. The van der Waals surface area contributed by atoms with Crippen LogP contribution < -0.4 is 4.74 Å². The van der Waals surface area contributed by atoms with E-state index in [1.54, 1.807) is 0 Å². The summed E-state index contributed by atoms with van der Waals surface area (Å²) in [7, 11) is 0. The van der Waals surface area contributed by atoms with Crippen molar-refractivity contribution in [3.63, 3.8) is 0 Å². The van der Waals surface area contributed by atoms with E-state index in [9.17, 15) is 0 Å². The molecule has 0 aliphatic carbocycles. The molecule has 1 rings (SSSR count). The van der Waals surface area contributed by atoms with Crippen LogP contribution in [-0.2, 0) is 0 Å². The number of halogens is 2. The maximum Gasteiger partial charge on any atom is 0.132 e. The first kappa shape index (κ1) is 11.7. The third kappa shape index (κ3) is 3.77. The monoisotopic (exact) mass is 232 g/mol. The zero-order valence-electron chi connectivity index (χ0n) is 8.17. The molecule has 0 aliphatic rings. The Bertz CT molecular complexity index is 274. The number of rotatable bonds is 5. The van der Waals surface area contributed by atoms with Gasteiger partial charge in [0.05, 0.1) is 6.61 Å². The van der Waals surface area contributed by atoms with E-state index >= 15 is 0 Å². The Labute approximate surface area is 95.0 Å². The normalized spacial score (nSPS) is 10.6. The lowest BCUT2D eigenvalue weighted by Gasteiger charge is -2.07. The van der Waals surface area contributed by atoms with Crippen molar-refractivity contribution in [2.45, 2.75) is 24.6 Å². The Balaban J connectivity index is 2.55. The summed E-state index contributed by atoms with van der Waals surface area (Å²) >= 11 is 11.5. The minimum Gasteiger partial charge on any atom is -0.494 e. The molecule has 0 N–H and O–H groups in total. The van der Waals surface area contributed by atoms with E-state index in [0.717, 1.165) is 30.8 Å². The Hall–Kier alpha value is -0.400. The Morgan fingerprint density at radius 3 is 2.79 bits per heavy atom. The first-order valence-electron chi connectivity index (χ1n) is 4.75. The Morgan fingerprint density at radius 1 is 1.36 bits per heavy atom. The molecule has 3 heteroatoms. The summed E-state index contributed by atoms with van der Waals surface area (Å²) in [4.78, 5) is -0.482. The number of ether oxygens (including phenoxy) is 1. The quantitative estimate of drug-likeness (QED) is 0.542. The van der Waals surface area contributed by atoms with E-state index in [-0.39, 0.29) is 0 Å². The van der Waals surface area contributed by atoms with E-state index in [1.165, 1.54) is 0 Å². The van der Waals surface area contributed by atoms with Crippen LogP contribution >= 0.6 is 23.2 Å². The zero-order valence-corrected chi connectivity index (χ0v) is 9.68. The summed E-state index contributed by atoms with van der Waals surface area (Å²) in [5.41, 5.74) is 0.877. The van der Waals surface area contributed by atoms with Gasteiger partial charge < -0.3 is 4.74 Å². The maximum atomic E-state index is 5.75. The number of alkyl halides is 2. The molecule has 1 aromatic rings. The van der Waals surface area contributed by atoms with Crippen LogP contribution in [0.2, 0.25) is 0 Å². The van der Waals surface area contributed by atoms with Crippen molar-refractivity contribution in [2.24, 2.45) is 0 Å². The average molecular weight is 233 g/mol. The predicted octanol–water partition coefficient (Wildman–Crippen LogP) is 4.34. The third-order valence-corrected chi connectivity index (χ3v) is 2.38. The van der Waals surface area contributed by atoms with Gasteiger partial charge >= 0.3 is 0 Å². The molecule has 0 heterocycles. The molecule has 0 atom stereocenters. The molecule has 0 fully saturated rings. The molecule has 0 unspecified atom stereocenters. The molecule has 14 heavy (non-hydrogen) atoms. The van der Waals surface area contributed by atoms with Crippen LogP contribution in [0.25, 0.3) is 0 Å². The first-order chi connectivity index (χ1) is 6.74. The van der Waals surface area contributed by atoms with E-state index in [0.29, 0.717) is 0 Å². The highest BCUT2D eigenvalue weighted by atomic mass is 35.5. The van der Waals surface area contributed by atoms with Crippen LogP contribution in [0.4, 0.5) is 0 Å². The summed E-state index contributed by atoms with van der Waals surface area (Å²) in [5.74, 6) is 0.835. The summed E-state index contributed by atoms with van der Waals surface area (Å²) in [6, 6.07) is 7.57. The second-order valence-electron chi connectivity index (χ2n) is 3.08. The summed E-state index contributed by atoms with van der Waals surface area (Å²) in [6.45, 7) is 2.88. The Morgan fingerprint density at radius 2 is 2.14 bits per heavy atom.